The molecule has 0 aliphatic heterocycles. The van der Waals surface area contributed by atoms with E-state index in [1.54, 1.807) is 0 Å². The Kier molecular flexibility index (Phi) is 7.16. The van der Waals surface area contributed by atoms with Gasteiger partial charge >= 0.3 is 27.2 Å². The summed E-state index contributed by atoms with van der Waals surface area (Å²) in [7, 11) is 0. The van der Waals surface area contributed by atoms with Crippen molar-refractivity contribution in [1.29, 1.82) is 0 Å². The van der Waals surface area contributed by atoms with Gasteiger partial charge in [-0.3, -0.25) is 0 Å². The summed E-state index contributed by atoms with van der Waals surface area (Å²) in [6.07, 6.45) is 6.00. The maximum absolute atomic E-state index is 13.1. The summed E-state index contributed by atoms with van der Waals surface area (Å²) in [5.41, 5.74) is 0.292. The van der Waals surface area contributed by atoms with Crippen molar-refractivity contribution in [2.45, 2.75) is 58.0 Å². The lowest BCUT2D eigenvalue weighted by Crippen LogP contribution is -3.61. The van der Waals surface area contributed by atoms with Gasteiger partial charge in [-0.25, -0.2) is 4.79 Å². The number of carbonyl (C=O) groups is 1. The van der Waals surface area contributed by atoms with Crippen LogP contribution in [0.25, 0.3) is 0 Å². The topological polar surface area (TPSA) is 35.5 Å². The second kappa shape index (κ2) is 9.58. The summed E-state index contributed by atoms with van der Waals surface area (Å²) in [5, 5.41) is 0. The summed E-state index contributed by atoms with van der Waals surface area (Å²) in [5.74, 6) is 0.413. The lowest BCUT2D eigenvalue weighted by atomic mass is 9.98. The Labute approximate surface area is 172 Å². The molecule has 0 atom stereocenters. The molecule has 4 heteroatoms. The molecule has 2 aromatic carbocycles. The van der Waals surface area contributed by atoms with Gasteiger partial charge in [-0.15, -0.1) is 0 Å². The Morgan fingerprint density at radius 2 is 1.78 bits per heavy atom. The molecule has 0 radical (unpaired) electrons. The van der Waals surface area contributed by atoms with E-state index in [-0.39, 0.29) is 32.8 Å². The van der Waals surface area contributed by atoms with Crippen molar-refractivity contribution in [3.8, 4) is 5.75 Å². The molecule has 0 heterocycles. The minimum absolute atomic E-state index is 0.233. The first-order valence-corrected chi connectivity index (χ1v) is 12.0. The van der Waals surface area contributed by atoms with E-state index in [1.807, 2.05) is 18.2 Å². The standard InChI is InChI=1S/C23H28IO3/c1-3-16-26-21-13-12-19(24-18-10-6-5-7-11-18)17-20(21)22(25)27-23(4-2)14-8-9-15-23/h5-7,10-13,17H,3-4,8-9,14-16H2,1-2H3/q+1. The Balaban J connectivity index is 1.84. The highest BCUT2D eigenvalue weighted by Crippen LogP contribution is 2.37. The number of ether oxygens (including phenoxy) is 2. The smallest absolute Gasteiger partial charge is 0.357 e. The molecule has 0 unspecified atom stereocenters. The molecular weight excluding hydrogens is 451 g/mol. The first-order valence-electron chi connectivity index (χ1n) is 9.86. The molecule has 1 aliphatic carbocycles. The van der Waals surface area contributed by atoms with Crippen LogP contribution in [0.15, 0.2) is 48.5 Å². The zero-order valence-corrected chi connectivity index (χ0v) is 18.3. The largest absolute Gasteiger partial charge is 0.493 e. The molecule has 3 nitrogen and oxygen atoms in total. The summed E-state index contributed by atoms with van der Waals surface area (Å²) < 4.78 is 14.4. The molecule has 0 amide bonds. The Hall–Kier alpha value is -1.56. The lowest BCUT2D eigenvalue weighted by molar-refractivity contribution is -0.597. The second-order valence-electron chi connectivity index (χ2n) is 7.01. The summed E-state index contributed by atoms with van der Waals surface area (Å²) in [6.45, 7) is 4.79. The Bertz CT molecular complexity index is 751. The van der Waals surface area contributed by atoms with Crippen molar-refractivity contribution in [3.05, 3.63) is 61.2 Å². The molecule has 1 fully saturated rings. The summed E-state index contributed by atoms with van der Waals surface area (Å²) >= 11 is -0.336. The Morgan fingerprint density at radius 1 is 1.04 bits per heavy atom. The molecule has 2 aromatic rings. The minimum Gasteiger partial charge on any atom is -0.493 e. The second-order valence-corrected chi connectivity index (χ2v) is 10.0. The van der Waals surface area contributed by atoms with Gasteiger partial charge in [0.2, 0.25) is 0 Å². The van der Waals surface area contributed by atoms with Gasteiger partial charge in [0, 0.05) is 6.07 Å². The molecule has 0 saturated heterocycles. The average Bonchev–Trinajstić information content (AvgIpc) is 3.16. The van der Waals surface area contributed by atoms with Crippen LogP contribution in [0.3, 0.4) is 0 Å². The molecule has 0 N–H and O–H groups in total. The monoisotopic (exact) mass is 479 g/mol. The minimum atomic E-state index is -0.336. The number of esters is 1. The van der Waals surface area contributed by atoms with Crippen LogP contribution < -0.4 is 25.9 Å². The van der Waals surface area contributed by atoms with Crippen molar-refractivity contribution < 1.29 is 35.5 Å². The van der Waals surface area contributed by atoms with Crippen LogP contribution in [-0.2, 0) is 4.74 Å². The lowest BCUT2D eigenvalue weighted by Gasteiger charge is -2.28. The molecule has 1 aliphatic rings. The highest BCUT2D eigenvalue weighted by atomic mass is 127. The fourth-order valence-corrected chi connectivity index (χ4v) is 5.78. The Morgan fingerprint density at radius 3 is 2.44 bits per heavy atom. The highest BCUT2D eigenvalue weighted by molar-refractivity contribution is 5.92. The number of hydrogen-bond donors (Lipinski definition) is 0. The van der Waals surface area contributed by atoms with Crippen LogP contribution >= 0.6 is 0 Å². The predicted molar refractivity (Wildman–Crippen MR) is 103 cm³/mol. The molecule has 27 heavy (non-hydrogen) atoms. The third-order valence-electron chi connectivity index (χ3n) is 5.04. The first kappa shape index (κ1) is 20.2. The van der Waals surface area contributed by atoms with Crippen LogP contribution in [0.4, 0.5) is 0 Å². The number of halogens is 1. The number of benzene rings is 2. The highest BCUT2D eigenvalue weighted by Gasteiger charge is 2.37. The van der Waals surface area contributed by atoms with E-state index in [0.717, 1.165) is 38.5 Å². The van der Waals surface area contributed by atoms with Crippen LogP contribution in [0.5, 0.6) is 5.75 Å². The quantitative estimate of drug-likeness (QED) is 0.431. The molecule has 0 bridgehead atoms. The maximum atomic E-state index is 13.1. The summed E-state index contributed by atoms with van der Waals surface area (Å²) in [4.78, 5) is 13.1. The van der Waals surface area contributed by atoms with Crippen LogP contribution in [0.1, 0.15) is 62.7 Å². The molecule has 0 aromatic heterocycles. The van der Waals surface area contributed by atoms with Gasteiger partial charge in [-0.1, -0.05) is 32.0 Å². The number of rotatable bonds is 8. The van der Waals surface area contributed by atoms with Gasteiger partial charge in [-0.05, 0) is 62.8 Å². The first-order chi connectivity index (χ1) is 13.2. The van der Waals surface area contributed by atoms with E-state index in [4.69, 9.17) is 9.47 Å². The number of carbonyl (C=O) groups excluding carboxylic acids is 1. The molecular formula is C23H28IO3+. The van der Waals surface area contributed by atoms with Crippen molar-refractivity contribution in [2.75, 3.05) is 6.61 Å². The molecule has 3 rings (SSSR count). The van der Waals surface area contributed by atoms with E-state index in [2.05, 4.69) is 44.2 Å². The van der Waals surface area contributed by atoms with Crippen molar-refractivity contribution >= 4 is 5.97 Å². The predicted octanol–water partition coefficient (Wildman–Crippen LogP) is 2.48. The average molecular weight is 479 g/mol. The van der Waals surface area contributed by atoms with E-state index in [0.29, 0.717) is 17.9 Å². The molecule has 0 spiro atoms. The SMILES string of the molecule is CCCOc1ccc([I+]c2ccccc2)cc1C(=O)OC1(CC)CCCC1. The van der Waals surface area contributed by atoms with Gasteiger partial charge in [0.15, 0.2) is 7.14 Å². The van der Waals surface area contributed by atoms with Crippen molar-refractivity contribution in [2.24, 2.45) is 0 Å². The van der Waals surface area contributed by atoms with Crippen molar-refractivity contribution in [3.63, 3.8) is 0 Å². The van der Waals surface area contributed by atoms with Crippen molar-refractivity contribution in [1.82, 2.24) is 0 Å². The maximum Gasteiger partial charge on any atom is 0.357 e. The van der Waals surface area contributed by atoms with Crippen LogP contribution in [0.2, 0.25) is 0 Å². The van der Waals surface area contributed by atoms with Crippen LogP contribution in [-0.4, -0.2) is 18.2 Å². The fourth-order valence-electron chi connectivity index (χ4n) is 3.46. The zero-order valence-electron chi connectivity index (χ0n) is 16.2. The molecule has 144 valence electrons. The van der Waals surface area contributed by atoms with E-state index in [9.17, 15) is 4.79 Å². The fraction of sp³-hybridized carbons (Fsp3) is 0.435. The third-order valence-corrected chi connectivity index (χ3v) is 7.68. The van der Waals surface area contributed by atoms with E-state index >= 15 is 0 Å². The molecule has 1 saturated carbocycles. The van der Waals surface area contributed by atoms with Gasteiger partial charge in [0.05, 0.1) is 6.61 Å². The van der Waals surface area contributed by atoms with E-state index in [1.165, 1.54) is 7.14 Å². The van der Waals surface area contributed by atoms with Gasteiger partial charge in [0.1, 0.15) is 16.9 Å². The van der Waals surface area contributed by atoms with Gasteiger partial charge in [0.25, 0.3) is 0 Å². The number of hydrogen-bond acceptors (Lipinski definition) is 3. The van der Waals surface area contributed by atoms with E-state index < -0.39 is 0 Å². The van der Waals surface area contributed by atoms with Gasteiger partial charge in [-0.2, -0.15) is 0 Å². The van der Waals surface area contributed by atoms with Crippen LogP contribution in [0, 0.1) is 7.14 Å². The third kappa shape index (κ3) is 5.24. The van der Waals surface area contributed by atoms with Gasteiger partial charge < -0.3 is 9.47 Å². The summed E-state index contributed by atoms with van der Waals surface area (Å²) in [6, 6.07) is 16.5. The zero-order chi connectivity index (χ0) is 19.1. The normalized spacial score (nSPS) is 15.5.